The molecule has 2 amide bonds. The molecule has 1 fully saturated rings. The van der Waals surface area contributed by atoms with E-state index < -0.39 is 17.9 Å². The minimum Gasteiger partial charge on any atom is -0.372 e. The van der Waals surface area contributed by atoms with E-state index in [-0.39, 0.29) is 38.6 Å². The number of fused-ring (bicyclic) bond motifs is 1. The summed E-state index contributed by atoms with van der Waals surface area (Å²) < 4.78 is 34.0. The summed E-state index contributed by atoms with van der Waals surface area (Å²) in [6.45, 7) is 16.6. The number of nitrogens with zero attached hydrogens (tertiary/aromatic N) is 4. The topological polar surface area (TPSA) is 112 Å². The van der Waals surface area contributed by atoms with Gasteiger partial charge >= 0.3 is 0 Å². The second kappa shape index (κ2) is 14.4. The van der Waals surface area contributed by atoms with Crippen molar-refractivity contribution in [2.75, 3.05) is 25.0 Å². The van der Waals surface area contributed by atoms with Gasteiger partial charge in [0.05, 0.1) is 26.4 Å². The normalized spacial score (nSPS) is 16.7. The Kier molecular flexibility index (Phi) is 11.0. The van der Waals surface area contributed by atoms with E-state index >= 15 is 0 Å². The molecule has 1 aliphatic heterocycles. The van der Waals surface area contributed by atoms with E-state index in [1.54, 1.807) is 11.0 Å². The summed E-state index contributed by atoms with van der Waals surface area (Å²) in [5.74, 6) is -0.520. The summed E-state index contributed by atoms with van der Waals surface area (Å²) in [7, 11) is 0. The SMILES string of the molecule is CCOC(C)(C)/C=C(\C#N)C(=O)N1CC[C@H](Cn2c(NC(=O)c3ccc(C(F)F)s3)nc3cc(CN[C@@H](C)C(C)(C)C)ccc32)C1. The molecular formula is C34H44F2N6O3S. The van der Waals surface area contributed by atoms with Gasteiger partial charge in [-0.3, -0.25) is 14.9 Å². The average molecular weight is 655 g/mol. The third-order valence-electron chi connectivity index (χ3n) is 8.39. The Morgan fingerprint density at radius 1 is 1.22 bits per heavy atom. The van der Waals surface area contributed by atoms with E-state index in [1.807, 2.05) is 49.6 Å². The number of carbonyl (C=O) groups is 2. The highest BCUT2D eigenvalue weighted by molar-refractivity contribution is 7.14. The lowest BCUT2D eigenvalue weighted by Gasteiger charge is -2.28. The van der Waals surface area contributed by atoms with Crippen LogP contribution in [0.25, 0.3) is 11.0 Å². The first-order chi connectivity index (χ1) is 21.6. The van der Waals surface area contributed by atoms with Crippen molar-refractivity contribution < 1.29 is 23.1 Å². The van der Waals surface area contributed by atoms with Crippen LogP contribution in [-0.2, 0) is 22.6 Å². The number of rotatable bonds is 12. The molecule has 0 aliphatic carbocycles. The highest BCUT2D eigenvalue weighted by Gasteiger charge is 2.31. The van der Waals surface area contributed by atoms with Gasteiger partial charge in [0.1, 0.15) is 11.6 Å². The molecule has 0 bridgehead atoms. The van der Waals surface area contributed by atoms with E-state index in [9.17, 15) is 23.6 Å². The van der Waals surface area contributed by atoms with Crippen LogP contribution in [0.3, 0.4) is 0 Å². The number of amides is 2. The second-order valence-corrected chi connectivity index (χ2v) is 14.5. The molecule has 9 nitrogen and oxygen atoms in total. The molecular weight excluding hydrogens is 610 g/mol. The zero-order valence-corrected chi connectivity index (χ0v) is 28.4. The molecule has 12 heteroatoms. The fourth-order valence-electron chi connectivity index (χ4n) is 5.40. The lowest BCUT2D eigenvalue weighted by molar-refractivity contribution is -0.126. The van der Waals surface area contributed by atoms with Crippen molar-refractivity contribution in [3.8, 4) is 6.07 Å². The number of nitrogens with one attached hydrogen (secondary N) is 2. The van der Waals surface area contributed by atoms with Crippen molar-refractivity contribution >= 4 is 40.1 Å². The van der Waals surface area contributed by atoms with E-state index in [2.05, 4.69) is 38.3 Å². The summed E-state index contributed by atoms with van der Waals surface area (Å²) in [6, 6.07) is 10.9. The van der Waals surface area contributed by atoms with Gasteiger partial charge in [0.25, 0.3) is 18.2 Å². The first kappa shape index (κ1) is 35.2. The Morgan fingerprint density at radius 3 is 2.59 bits per heavy atom. The summed E-state index contributed by atoms with van der Waals surface area (Å²) in [4.78, 5) is 32.9. The molecule has 0 unspecified atom stereocenters. The van der Waals surface area contributed by atoms with E-state index in [0.29, 0.717) is 50.7 Å². The van der Waals surface area contributed by atoms with Gasteiger partial charge in [0, 0.05) is 38.8 Å². The van der Waals surface area contributed by atoms with Crippen LogP contribution in [0.5, 0.6) is 0 Å². The Labute approximate surface area is 273 Å². The summed E-state index contributed by atoms with van der Waals surface area (Å²) in [6.07, 6.45) is -0.386. The highest BCUT2D eigenvalue weighted by Crippen LogP contribution is 2.30. The first-order valence-corrected chi connectivity index (χ1v) is 16.4. The lowest BCUT2D eigenvalue weighted by Crippen LogP contribution is -2.37. The lowest BCUT2D eigenvalue weighted by atomic mass is 9.88. The maximum absolute atomic E-state index is 13.3. The number of hydrogen-bond acceptors (Lipinski definition) is 7. The number of aromatic nitrogens is 2. The van der Waals surface area contributed by atoms with Gasteiger partial charge in [-0.1, -0.05) is 26.8 Å². The number of alkyl halides is 2. The van der Waals surface area contributed by atoms with Crippen LogP contribution in [0.15, 0.2) is 42.0 Å². The number of hydrogen-bond donors (Lipinski definition) is 2. The Hall–Kier alpha value is -3.66. The Balaban J connectivity index is 1.58. The standard InChI is InChI=1S/C34H44F2N6O3S/c1-8-45-34(6,7)16-24(17-37)31(44)41-14-13-23(19-41)20-42-26-10-9-22(18-38-21(2)33(3,4)5)15-25(26)39-32(42)40-30(43)28-12-11-27(46-28)29(35)36/h9-12,15-16,21,23,29,38H,8,13-14,18-20H2,1-7H3,(H,39,40,43)/b24-16+/t21-,23-/m0/s1. The minimum absolute atomic E-state index is 0.0259. The molecule has 2 N–H and O–H groups in total. The van der Waals surface area contributed by atoms with Crippen molar-refractivity contribution in [3.63, 3.8) is 0 Å². The molecule has 3 aromatic rings. The largest absolute Gasteiger partial charge is 0.372 e. The number of benzene rings is 1. The third kappa shape index (κ3) is 8.57. The van der Waals surface area contributed by atoms with Crippen LogP contribution in [0, 0.1) is 22.7 Å². The molecule has 0 spiro atoms. The number of carbonyl (C=O) groups excluding carboxylic acids is 2. The number of ether oxygens (including phenoxy) is 1. The van der Waals surface area contributed by atoms with Gasteiger partial charge in [0.2, 0.25) is 5.95 Å². The molecule has 1 saturated heterocycles. The molecule has 2 aromatic heterocycles. The summed E-state index contributed by atoms with van der Waals surface area (Å²) in [5, 5.41) is 16.1. The number of likely N-dealkylation sites (tertiary alicyclic amines) is 1. The van der Waals surface area contributed by atoms with Gasteiger partial charge in [-0.05, 0) is 81.4 Å². The fraction of sp³-hybridized carbons (Fsp3) is 0.529. The summed E-state index contributed by atoms with van der Waals surface area (Å²) in [5.41, 5.74) is 1.92. The maximum Gasteiger partial charge on any atom is 0.272 e. The van der Waals surface area contributed by atoms with Crippen LogP contribution in [-0.4, -0.2) is 57.6 Å². The maximum atomic E-state index is 13.3. The number of imidazole rings is 1. The van der Waals surface area contributed by atoms with Crippen LogP contribution in [0.4, 0.5) is 14.7 Å². The second-order valence-electron chi connectivity index (χ2n) is 13.4. The number of nitriles is 1. The van der Waals surface area contributed by atoms with Crippen molar-refractivity contribution in [3.05, 3.63) is 57.3 Å². The molecule has 1 aromatic carbocycles. The van der Waals surface area contributed by atoms with Crippen LogP contribution >= 0.6 is 11.3 Å². The molecule has 4 rings (SSSR count). The quantitative estimate of drug-likeness (QED) is 0.162. The van der Waals surface area contributed by atoms with E-state index in [4.69, 9.17) is 9.72 Å². The molecule has 3 heterocycles. The van der Waals surface area contributed by atoms with Crippen molar-refractivity contribution in [1.29, 1.82) is 5.26 Å². The number of anilines is 1. The summed E-state index contributed by atoms with van der Waals surface area (Å²) >= 11 is 0.751. The number of thiophene rings is 1. The van der Waals surface area contributed by atoms with Crippen molar-refractivity contribution in [2.45, 2.75) is 86.0 Å². The first-order valence-electron chi connectivity index (χ1n) is 15.6. The Bertz CT molecular complexity index is 1630. The zero-order chi connectivity index (χ0) is 33.8. The van der Waals surface area contributed by atoms with Gasteiger partial charge in [-0.25, -0.2) is 13.8 Å². The van der Waals surface area contributed by atoms with Crippen LogP contribution in [0.2, 0.25) is 0 Å². The molecule has 2 atom stereocenters. The van der Waals surface area contributed by atoms with Crippen molar-refractivity contribution in [2.24, 2.45) is 11.3 Å². The third-order valence-corrected chi connectivity index (χ3v) is 9.48. The minimum atomic E-state index is -2.65. The average Bonchev–Trinajstić information content (AvgIpc) is 3.73. The van der Waals surface area contributed by atoms with Gasteiger partial charge in [0.15, 0.2) is 0 Å². The van der Waals surface area contributed by atoms with Crippen LogP contribution in [0.1, 0.15) is 81.4 Å². The van der Waals surface area contributed by atoms with Crippen LogP contribution < -0.4 is 10.6 Å². The molecule has 0 radical (unpaired) electrons. The monoisotopic (exact) mass is 654 g/mol. The van der Waals surface area contributed by atoms with Crippen molar-refractivity contribution in [1.82, 2.24) is 19.8 Å². The smallest absolute Gasteiger partial charge is 0.272 e. The molecule has 0 saturated carbocycles. The molecule has 46 heavy (non-hydrogen) atoms. The number of halogens is 2. The predicted molar refractivity (Wildman–Crippen MR) is 177 cm³/mol. The molecule has 248 valence electrons. The fourth-order valence-corrected chi connectivity index (χ4v) is 6.15. The highest BCUT2D eigenvalue weighted by atomic mass is 32.1. The molecule has 1 aliphatic rings. The zero-order valence-electron chi connectivity index (χ0n) is 27.6. The van der Waals surface area contributed by atoms with Gasteiger partial charge in [-0.2, -0.15) is 5.26 Å². The van der Waals surface area contributed by atoms with Gasteiger partial charge in [-0.15, -0.1) is 11.3 Å². The van der Waals surface area contributed by atoms with Gasteiger partial charge < -0.3 is 19.5 Å². The van der Waals surface area contributed by atoms with E-state index in [1.165, 1.54) is 12.1 Å². The predicted octanol–water partition coefficient (Wildman–Crippen LogP) is 6.93. The Morgan fingerprint density at radius 2 is 1.96 bits per heavy atom. The van der Waals surface area contributed by atoms with E-state index in [0.717, 1.165) is 22.4 Å².